The second-order valence-electron chi connectivity index (χ2n) is 7.01. The Morgan fingerprint density at radius 2 is 1.93 bits per heavy atom. The molecule has 3 aromatic rings. The zero-order valence-electron chi connectivity index (χ0n) is 15.4. The van der Waals surface area contributed by atoms with Gasteiger partial charge in [0.2, 0.25) is 10.0 Å². The lowest BCUT2D eigenvalue weighted by molar-refractivity contribution is 0.321. The van der Waals surface area contributed by atoms with Gasteiger partial charge in [-0.3, -0.25) is 14.5 Å². The van der Waals surface area contributed by atoms with E-state index in [1.165, 1.54) is 22.5 Å². The van der Waals surface area contributed by atoms with Crippen molar-refractivity contribution in [2.24, 2.45) is 7.05 Å². The molecule has 4 rings (SSSR count). The Morgan fingerprint density at radius 1 is 1.11 bits per heavy atom. The first kappa shape index (κ1) is 18.6. The molecule has 0 saturated carbocycles. The maximum absolute atomic E-state index is 13.5. The number of nitrogens with one attached hydrogen (secondary N) is 2. The van der Waals surface area contributed by atoms with Crippen molar-refractivity contribution in [3.05, 3.63) is 57.0 Å². The minimum atomic E-state index is -3.85. The third-order valence-corrected chi connectivity index (χ3v) is 7.00. The molecule has 0 amide bonds. The van der Waals surface area contributed by atoms with E-state index in [2.05, 4.69) is 15.1 Å². The maximum atomic E-state index is 13.5. The third-order valence-electron chi connectivity index (χ3n) is 5.10. The lowest BCUT2D eigenvalue weighted by Gasteiger charge is -2.28. The van der Waals surface area contributed by atoms with E-state index in [0.717, 1.165) is 25.0 Å². The topological polar surface area (TPSA) is 121 Å². The van der Waals surface area contributed by atoms with Crippen LogP contribution in [0.1, 0.15) is 37.4 Å². The molecule has 0 aliphatic carbocycles. The van der Waals surface area contributed by atoms with Crippen LogP contribution in [0.4, 0.5) is 0 Å². The van der Waals surface area contributed by atoms with Gasteiger partial charge in [-0.15, -0.1) is 0 Å². The fourth-order valence-electron chi connectivity index (χ4n) is 3.72. The Hall–Kier alpha value is -2.72. The number of benzene rings is 1. The van der Waals surface area contributed by atoms with Gasteiger partial charge < -0.3 is 4.98 Å². The molecule has 1 atom stereocenters. The van der Waals surface area contributed by atoms with Crippen LogP contribution in [0, 0.1) is 0 Å². The number of sulfonamides is 1. The van der Waals surface area contributed by atoms with E-state index in [4.69, 9.17) is 0 Å². The first-order valence-electron chi connectivity index (χ1n) is 9.14. The molecule has 0 bridgehead atoms. The van der Waals surface area contributed by atoms with Crippen molar-refractivity contribution < 1.29 is 8.42 Å². The molecule has 1 aromatic carbocycles. The number of aryl methyl sites for hydroxylation is 1. The zero-order chi connectivity index (χ0) is 19.9. The highest BCUT2D eigenvalue weighted by Crippen LogP contribution is 2.34. The molecule has 1 aliphatic rings. The molecule has 2 N–H and O–H groups in total. The second kappa shape index (κ2) is 7.02. The lowest BCUT2D eigenvalue weighted by Crippen LogP contribution is -2.35. The van der Waals surface area contributed by atoms with Crippen LogP contribution in [0.2, 0.25) is 0 Å². The van der Waals surface area contributed by atoms with Gasteiger partial charge in [0.1, 0.15) is 0 Å². The number of hydrogen-bond acceptors (Lipinski definition) is 5. The summed E-state index contributed by atoms with van der Waals surface area (Å²) in [5.74, 6) is 0. The van der Waals surface area contributed by atoms with Gasteiger partial charge in [-0.25, -0.2) is 13.2 Å². The smallest absolute Gasteiger partial charge is 0.307 e. The summed E-state index contributed by atoms with van der Waals surface area (Å²) in [5.41, 5.74) is -0.232. The van der Waals surface area contributed by atoms with Crippen molar-refractivity contribution in [1.29, 1.82) is 0 Å². The fourth-order valence-corrected chi connectivity index (χ4v) is 5.41. The van der Waals surface area contributed by atoms with Gasteiger partial charge in [0, 0.05) is 19.8 Å². The zero-order valence-corrected chi connectivity index (χ0v) is 16.2. The predicted octanol–water partition coefficient (Wildman–Crippen LogP) is 1.26. The number of aromatic nitrogens is 4. The Morgan fingerprint density at radius 3 is 2.68 bits per heavy atom. The SMILES string of the molecule is Cn1ccc(C2CCCCCN2S(=O)(=O)c2ccc3[nH]c(=O)[nH]c(=O)c3c2)n1. The van der Waals surface area contributed by atoms with Crippen molar-refractivity contribution in [2.75, 3.05) is 6.54 Å². The van der Waals surface area contributed by atoms with Crippen LogP contribution in [0.3, 0.4) is 0 Å². The monoisotopic (exact) mass is 403 g/mol. The van der Waals surface area contributed by atoms with Crippen LogP contribution in [-0.2, 0) is 17.1 Å². The molecule has 1 saturated heterocycles. The molecule has 10 heteroatoms. The Balaban J connectivity index is 1.82. The molecule has 3 heterocycles. The highest BCUT2D eigenvalue weighted by molar-refractivity contribution is 7.89. The summed E-state index contributed by atoms with van der Waals surface area (Å²) in [5, 5.41) is 4.55. The summed E-state index contributed by atoms with van der Waals surface area (Å²) in [6.45, 7) is 0.392. The lowest BCUT2D eigenvalue weighted by atomic mass is 10.1. The quantitative estimate of drug-likeness (QED) is 0.682. The van der Waals surface area contributed by atoms with Crippen molar-refractivity contribution >= 4 is 20.9 Å². The van der Waals surface area contributed by atoms with Crippen molar-refractivity contribution in [3.63, 3.8) is 0 Å². The van der Waals surface area contributed by atoms with Gasteiger partial charge >= 0.3 is 5.69 Å². The van der Waals surface area contributed by atoms with Gasteiger partial charge in [0.25, 0.3) is 5.56 Å². The van der Waals surface area contributed by atoms with Gasteiger partial charge in [0.05, 0.1) is 27.5 Å². The van der Waals surface area contributed by atoms with E-state index in [9.17, 15) is 18.0 Å². The first-order chi connectivity index (χ1) is 13.4. The molecule has 1 aliphatic heterocycles. The highest BCUT2D eigenvalue weighted by atomic mass is 32.2. The van der Waals surface area contributed by atoms with Crippen LogP contribution >= 0.6 is 0 Å². The number of rotatable bonds is 3. The molecular formula is C18H21N5O4S. The molecule has 28 heavy (non-hydrogen) atoms. The molecule has 9 nitrogen and oxygen atoms in total. The molecule has 2 aromatic heterocycles. The van der Waals surface area contributed by atoms with Crippen molar-refractivity contribution in [2.45, 2.75) is 36.6 Å². The van der Waals surface area contributed by atoms with Crippen LogP contribution in [0.15, 0.2) is 44.9 Å². The van der Waals surface area contributed by atoms with Gasteiger partial charge in [-0.2, -0.15) is 9.40 Å². The summed E-state index contributed by atoms with van der Waals surface area (Å²) in [7, 11) is -2.05. The number of aromatic amines is 2. The van der Waals surface area contributed by atoms with Crippen LogP contribution in [0.25, 0.3) is 10.9 Å². The van der Waals surface area contributed by atoms with E-state index in [1.807, 2.05) is 6.07 Å². The van der Waals surface area contributed by atoms with E-state index in [0.29, 0.717) is 18.5 Å². The number of hydrogen-bond donors (Lipinski definition) is 2. The molecule has 0 radical (unpaired) electrons. The number of fused-ring (bicyclic) bond motifs is 1. The van der Waals surface area contributed by atoms with Crippen LogP contribution < -0.4 is 11.2 Å². The van der Waals surface area contributed by atoms with Crippen molar-refractivity contribution in [1.82, 2.24) is 24.1 Å². The second-order valence-corrected chi connectivity index (χ2v) is 8.90. The summed E-state index contributed by atoms with van der Waals surface area (Å²) < 4.78 is 30.1. The van der Waals surface area contributed by atoms with Crippen LogP contribution in [-0.4, -0.2) is 39.0 Å². The summed E-state index contributed by atoms with van der Waals surface area (Å²) >= 11 is 0. The molecular weight excluding hydrogens is 382 g/mol. The molecule has 1 unspecified atom stereocenters. The minimum absolute atomic E-state index is 0.0281. The first-order valence-corrected chi connectivity index (χ1v) is 10.6. The summed E-state index contributed by atoms with van der Waals surface area (Å²) in [6.07, 6.45) is 5.14. The van der Waals surface area contributed by atoms with E-state index < -0.39 is 21.3 Å². The normalized spacial score (nSPS) is 19.0. The number of H-pyrrole nitrogens is 2. The van der Waals surface area contributed by atoms with Crippen LogP contribution in [0.5, 0.6) is 0 Å². The van der Waals surface area contributed by atoms with Gasteiger partial charge in [-0.05, 0) is 37.1 Å². The van der Waals surface area contributed by atoms with Gasteiger partial charge in [-0.1, -0.05) is 12.8 Å². The van der Waals surface area contributed by atoms with E-state index in [1.54, 1.807) is 17.9 Å². The average molecular weight is 403 g/mol. The van der Waals surface area contributed by atoms with E-state index >= 15 is 0 Å². The molecule has 1 fully saturated rings. The van der Waals surface area contributed by atoms with E-state index in [-0.39, 0.29) is 16.3 Å². The largest absolute Gasteiger partial charge is 0.326 e. The Labute approximate surface area is 161 Å². The predicted molar refractivity (Wildman–Crippen MR) is 103 cm³/mol. The fraction of sp³-hybridized carbons (Fsp3) is 0.389. The third kappa shape index (κ3) is 3.29. The standard InChI is InChI=1S/C18H21N5O4S/c1-22-10-8-15(21-22)16-5-3-2-4-9-23(16)28(26,27)12-6-7-14-13(11-12)17(24)20-18(25)19-14/h6-8,10-11,16H,2-5,9H2,1H3,(H2,19,20,24,25). The minimum Gasteiger partial charge on any atom is -0.307 e. The molecule has 148 valence electrons. The highest BCUT2D eigenvalue weighted by Gasteiger charge is 2.34. The van der Waals surface area contributed by atoms with Gasteiger partial charge in [0.15, 0.2) is 0 Å². The van der Waals surface area contributed by atoms with Crippen molar-refractivity contribution in [3.8, 4) is 0 Å². The Kier molecular flexibility index (Phi) is 4.68. The summed E-state index contributed by atoms with van der Waals surface area (Å²) in [4.78, 5) is 28.2. The summed E-state index contributed by atoms with van der Waals surface area (Å²) in [6, 6.07) is 5.69. The molecule has 0 spiro atoms. The maximum Gasteiger partial charge on any atom is 0.326 e. The Bertz CT molecular complexity index is 1240. The average Bonchev–Trinajstić information content (AvgIpc) is 2.92. The number of nitrogens with zero attached hydrogens (tertiary/aromatic N) is 3.